The summed E-state index contributed by atoms with van der Waals surface area (Å²) >= 11 is 0. The van der Waals surface area contributed by atoms with Gasteiger partial charge in [-0.15, -0.1) is 0 Å². The van der Waals surface area contributed by atoms with Gasteiger partial charge in [0.2, 0.25) is 5.91 Å². The number of alkyl carbamates (subject to hydrolysis) is 1. The van der Waals surface area contributed by atoms with Crippen molar-refractivity contribution in [3.8, 4) is 11.1 Å². The summed E-state index contributed by atoms with van der Waals surface area (Å²) in [6, 6.07) is 16.3. The summed E-state index contributed by atoms with van der Waals surface area (Å²) in [6.45, 7) is 4.32. The Balaban J connectivity index is 1.28. The van der Waals surface area contributed by atoms with Crippen LogP contribution in [0.4, 0.5) is 4.79 Å². The molecule has 1 aliphatic heterocycles. The molecule has 34 heavy (non-hydrogen) atoms. The van der Waals surface area contributed by atoms with E-state index < -0.39 is 23.5 Å². The molecule has 0 spiro atoms. The molecule has 3 atom stereocenters. The normalized spacial score (nSPS) is 23.1. The number of hydrogen-bond acceptors (Lipinski definition) is 4. The van der Waals surface area contributed by atoms with E-state index in [9.17, 15) is 19.5 Å². The van der Waals surface area contributed by atoms with Gasteiger partial charge in [-0.05, 0) is 53.9 Å². The number of fused-ring (bicyclic) bond motifs is 3. The monoisotopic (exact) mass is 462 g/mol. The maximum absolute atomic E-state index is 13.4. The van der Waals surface area contributed by atoms with Crippen molar-refractivity contribution in [3.63, 3.8) is 0 Å². The third kappa shape index (κ3) is 3.83. The summed E-state index contributed by atoms with van der Waals surface area (Å²) in [5.74, 6) is -1.85. The average molecular weight is 463 g/mol. The molecule has 2 fully saturated rings. The first-order valence-corrected chi connectivity index (χ1v) is 11.9. The Kier molecular flexibility index (Phi) is 5.58. The van der Waals surface area contributed by atoms with Gasteiger partial charge in [0.15, 0.2) is 0 Å². The third-order valence-electron chi connectivity index (χ3n) is 7.76. The smallest absolute Gasteiger partial charge is 0.408 e. The average Bonchev–Trinajstić information content (AvgIpc) is 3.54. The molecule has 1 saturated carbocycles. The Morgan fingerprint density at radius 2 is 1.62 bits per heavy atom. The number of likely N-dealkylation sites (tertiary alicyclic amines) is 1. The molecule has 2 aromatic rings. The fourth-order valence-electron chi connectivity index (χ4n) is 5.62. The molecular formula is C27H30N2O5. The highest BCUT2D eigenvalue weighted by Gasteiger charge is 2.52. The van der Waals surface area contributed by atoms with E-state index in [0.717, 1.165) is 35.1 Å². The number of nitrogens with zero attached hydrogens (tertiary/aromatic N) is 1. The van der Waals surface area contributed by atoms with Crippen molar-refractivity contribution in [2.75, 3.05) is 19.7 Å². The summed E-state index contributed by atoms with van der Waals surface area (Å²) in [5, 5.41) is 12.3. The van der Waals surface area contributed by atoms with E-state index >= 15 is 0 Å². The topological polar surface area (TPSA) is 95.9 Å². The SMILES string of the molecule is C[C@@H]1CN(C(=O)C(C)(NC(=O)OCC2c3ccccc3-c3ccccc32)C2CC2)C[C@H]1C(=O)O. The number of carboxylic acid groups (broad SMARTS) is 1. The van der Waals surface area contributed by atoms with Crippen LogP contribution in [0, 0.1) is 17.8 Å². The van der Waals surface area contributed by atoms with Crippen LogP contribution < -0.4 is 5.32 Å². The molecule has 0 radical (unpaired) electrons. The molecule has 2 amide bonds. The molecule has 0 bridgehead atoms. The second kappa shape index (κ2) is 8.46. The molecule has 178 valence electrons. The minimum Gasteiger partial charge on any atom is -0.481 e. The van der Waals surface area contributed by atoms with Crippen LogP contribution in [0.15, 0.2) is 48.5 Å². The van der Waals surface area contributed by atoms with Gasteiger partial charge in [-0.2, -0.15) is 0 Å². The fourth-order valence-corrected chi connectivity index (χ4v) is 5.62. The lowest BCUT2D eigenvalue weighted by molar-refractivity contribution is -0.142. The number of carbonyl (C=O) groups excluding carboxylic acids is 2. The molecule has 1 heterocycles. The van der Waals surface area contributed by atoms with E-state index in [4.69, 9.17) is 4.74 Å². The molecule has 5 rings (SSSR count). The number of ether oxygens (including phenoxy) is 1. The maximum atomic E-state index is 13.4. The van der Waals surface area contributed by atoms with Crippen molar-refractivity contribution in [1.82, 2.24) is 10.2 Å². The van der Waals surface area contributed by atoms with Crippen LogP contribution in [-0.2, 0) is 14.3 Å². The predicted octanol–water partition coefficient (Wildman–Crippen LogP) is 3.87. The van der Waals surface area contributed by atoms with Crippen molar-refractivity contribution in [2.45, 2.75) is 38.1 Å². The van der Waals surface area contributed by atoms with Crippen molar-refractivity contribution in [3.05, 3.63) is 59.7 Å². The molecule has 2 aliphatic carbocycles. The van der Waals surface area contributed by atoms with Gasteiger partial charge in [-0.25, -0.2) is 4.79 Å². The molecule has 7 heteroatoms. The van der Waals surface area contributed by atoms with Crippen LogP contribution in [0.3, 0.4) is 0 Å². The molecule has 7 nitrogen and oxygen atoms in total. The quantitative estimate of drug-likeness (QED) is 0.679. The van der Waals surface area contributed by atoms with Gasteiger partial charge < -0.3 is 20.1 Å². The minimum absolute atomic E-state index is 0.0275. The molecule has 2 N–H and O–H groups in total. The lowest BCUT2D eigenvalue weighted by Crippen LogP contribution is -2.59. The highest BCUT2D eigenvalue weighted by Crippen LogP contribution is 2.45. The first-order valence-electron chi connectivity index (χ1n) is 11.9. The number of rotatable bonds is 6. The van der Waals surface area contributed by atoms with E-state index in [1.54, 1.807) is 11.8 Å². The van der Waals surface area contributed by atoms with Crippen LogP contribution in [0.5, 0.6) is 0 Å². The minimum atomic E-state index is -1.10. The summed E-state index contributed by atoms with van der Waals surface area (Å²) in [7, 11) is 0. The summed E-state index contributed by atoms with van der Waals surface area (Å²) in [5.41, 5.74) is 3.46. The first kappa shape index (κ1) is 22.4. The molecule has 2 aromatic carbocycles. The molecule has 1 unspecified atom stereocenters. The van der Waals surface area contributed by atoms with Crippen LogP contribution >= 0.6 is 0 Å². The van der Waals surface area contributed by atoms with Crippen molar-refractivity contribution in [2.24, 2.45) is 17.8 Å². The van der Waals surface area contributed by atoms with Crippen LogP contribution in [-0.4, -0.2) is 53.2 Å². The molecule has 3 aliphatic rings. The predicted molar refractivity (Wildman–Crippen MR) is 126 cm³/mol. The summed E-state index contributed by atoms with van der Waals surface area (Å²) in [4.78, 5) is 39.5. The zero-order valence-electron chi connectivity index (χ0n) is 19.5. The highest BCUT2D eigenvalue weighted by atomic mass is 16.5. The Labute approximate surface area is 199 Å². The Morgan fingerprint density at radius 3 is 2.15 bits per heavy atom. The van der Waals surface area contributed by atoms with E-state index in [1.165, 1.54) is 0 Å². The number of carboxylic acids is 1. The third-order valence-corrected chi connectivity index (χ3v) is 7.76. The number of amides is 2. The zero-order chi connectivity index (χ0) is 24.0. The van der Waals surface area contributed by atoms with E-state index in [2.05, 4.69) is 29.6 Å². The Bertz CT molecular complexity index is 1100. The number of benzene rings is 2. The standard InChI is InChI=1S/C27H30N2O5/c1-16-13-29(14-22(16)24(30)31)25(32)27(2,17-11-12-17)28-26(33)34-15-23-20-9-5-3-7-18(20)19-8-4-6-10-21(19)23/h3-10,16-17,22-23H,11-15H2,1-2H3,(H,28,33)(H,30,31)/t16-,22-,27?/m1/s1. The lowest BCUT2D eigenvalue weighted by atomic mass is 9.94. The Hall–Kier alpha value is -3.35. The second-order valence-electron chi connectivity index (χ2n) is 10.1. The summed E-state index contributed by atoms with van der Waals surface area (Å²) in [6.07, 6.45) is 1.07. The van der Waals surface area contributed by atoms with Gasteiger partial charge in [-0.3, -0.25) is 9.59 Å². The van der Waals surface area contributed by atoms with Crippen molar-refractivity contribution >= 4 is 18.0 Å². The van der Waals surface area contributed by atoms with Crippen molar-refractivity contribution in [1.29, 1.82) is 0 Å². The summed E-state index contributed by atoms with van der Waals surface area (Å²) < 4.78 is 5.69. The largest absolute Gasteiger partial charge is 0.481 e. The lowest BCUT2D eigenvalue weighted by Gasteiger charge is -2.33. The van der Waals surface area contributed by atoms with Gasteiger partial charge in [0.1, 0.15) is 12.1 Å². The van der Waals surface area contributed by atoms with Gasteiger partial charge >= 0.3 is 12.1 Å². The van der Waals surface area contributed by atoms with Crippen LogP contribution in [0.2, 0.25) is 0 Å². The first-order chi connectivity index (χ1) is 16.3. The van der Waals surface area contributed by atoms with Crippen LogP contribution in [0.25, 0.3) is 11.1 Å². The van der Waals surface area contributed by atoms with E-state index in [-0.39, 0.29) is 36.8 Å². The molecular weight excluding hydrogens is 432 g/mol. The van der Waals surface area contributed by atoms with Gasteiger partial charge in [0, 0.05) is 19.0 Å². The number of carbonyl (C=O) groups is 3. The van der Waals surface area contributed by atoms with E-state index in [1.807, 2.05) is 31.2 Å². The Morgan fingerprint density at radius 1 is 1.03 bits per heavy atom. The van der Waals surface area contributed by atoms with Gasteiger partial charge in [0.25, 0.3) is 0 Å². The maximum Gasteiger partial charge on any atom is 0.408 e. The molecule has 0 aromatic heterocycles. The number of hydrogen-bond donors (Lipinski definition) is 2. The number of nitrogens with one attached hydrogen (secondary N) is 1. The van der Waals surface area contributed by atoms with Gasteiger partial charge in [0.05, 0.1) is 5.92 Å². The van der Waals surface area contributed by atoms with E-state index in [0.29, 0.717) is 6.54 Å². The zero-order valence-corrected chi connectivity index (χ0v) is 19.5. The van der Waals surface area contributed by atoms with Crippen molar-refractivity contribution < 1.29 is 24.2 Å². The highest BCUT2D eigenvalue weighted by molar-refractivity contribution is 5.91. The van der Waals surface area contributed by atoms with Crippen LogP contribution in [0.1, 0.15) is 43.7 Å². The molecule has 1 saturated heterocycles. The second-order valence-corrected chi connectivity index (χ2v) is 10.1. The number of aliphatic carboxylic acids is 1. The fraction of sp³-hybridized carbons (Fsp3) is 0.444. The van der Waals surface area contributed by atoms with Gasteiger partial charge in [-0.1, -0.05) is 55.5 Å².